The number of amides is 2. The molecule has 9 heteroatoms. The van der Waals surface area contributed by atoms with Crippen molar-refractivity contribution in [3.05, 3.63) is 70.7 Å². The molecular formula is C25H25N3O5S. The number of carboxylic acid groups (broad SMARTS) is 1. The van der Waals surface area contributed by atoms with E-state index in [0.29, 0.717) is 0 Å². The molecule has 4 rings (SSSR count). The summed E-state index contributed by atoms with van der Waals surface area (Å²) < 4.78 is 5.50. The molecule has 8 nitrogen and oxygen atoms in total. The van der Waals surface area contributed by atoms with Gasteiger partial charge in [-0.15, -0.1) is 11.3 Å². The van der Waals surface area contributed by atoms with Crippen LogP contribution in [-0.4, -0.2) is 41.2 Å². The van der Waals surface area contributed by atoms with Crippen molar-refractivity contribution in [2.75, 3.05) is 18.5 Å². The fraction of sp³-hybridized carbons (Fsp3) is 0.280. The standard InChI is InChI=1S/C25H25N3O5S/c1-25(2,11-21(29)30)14-26-22(31)20-13-34-23(27-20)28-24(32)33-12-19-17-9-5-3-7-15(17)16-8-4-6-10-18(16)19/h3-10,13,19H,11-12,14H2,1-2H3,(H,26,31)(H,29,30)(H,27,28,32). The lowest BCUT2D eigenvalue weighted by Crippen LogP contribution is -2.35. The third-order valence-electron chi connectivity index (χ3n) is 5.65. The lowest BCUT2D eigenvalue weighted by atomic mass is 9.89. The van der Waals surface area contributed by atoms with E-state index in [4.69, 9.17) is 9.84 Å². The van der Waals surface area contributed by atoms with Gasteiger partial charge >= 0.3 is 12.1 Å². The highest BCUT2D eigenvalue weighted by atomic mass is 32.1. The molecule has 0 aliphatic heterocycles. The average Bonchev–Trinajstić information content (AvgIpc) is 3.38. The Bertz CT molecular complexity index is 1190. The molecule has 0 bridgehead atoms. The van der Waals surface area contributed by atoms with Gasteiger partial charge in [0.2, 0.25) is 0 Å². The first-order valence-electron chi connectivity index (χ1n) is 10.8. The Morgan fingerprint density at radius 2 is 1.68 bits per heavy atom. The second kappa shape index (κ2) is 9.64. The molecule has 0 saturated heterocycles. The number of benzene rings is 2. The van der Waals surface area contributed by atoms with Crippen molar-refractivity contribution in [3.63, 3.8) is 0 Å². The number of anilines is 1. The van der Waals surface area contributed by atoms with E-state index in [0.717, 1.165) is 33.6 Å². The number of nitrogens with zero attached hydrogens (tertiary/aromatic N) is 1. The van der Waals surface area contributed by atoms with Crippen LogP contribution in [0.1, 0.15) is 47.8 Å². The van der Waals surface area contributed by atoms with Crippen LogP contribution in [0.25, 0.3) is 11.1 Å². The summed E-state index contributed by atoms with van der Waals surface area (Å²) in [4.78, 5) is 39.8. The highest BCUT2D eigenvalue weighted by Crippen LogP contribution is 2.44. The van der Waals surface area contributed by atoms with E-state index in [1.54, 1.807) is 13.8 Å². The molecule has 0 unspecified atom stereocenters. The predicted octanol–water partition coefficient (Wildman–Crippen LogP) is 4.73. The van der Waals surface area contributed by atoms with E-state index in [9.17, 15) is 14.4 Å². The lowest BCUT2D eigenvalue weighted by Gasteiger charge is -2.22. The zero-order valence-electron chi connectivity index (χ0n) is 18.8. The van der Waals surface area contributed by atoms with Gasteiger partial charge in [0.15, 0.2) is 5.13 Å². The van der Waals surface area contributed by atoms with Gasteiger partial charge in [-0.25, -0.2) is 9.78 Å². The number of aliphatic carboxylic acids is 1. The van der Waals surface area contributed by atoms with Crippen molar-refractivity contribution < 1.29 is 24.2 Å². The average molecular weight is 480 g/mol. The summed E-state index contributed by atoms with van der Waals surface area (Å²) in [6.45, 7) is 3.88. The van der Waals surface area contributed by atoms with Gasteiger partial charge in [0, 0.05) is 17.8 Å². The highest BCUT2D eigenvalue weighted by Gasteiger charge is 2.29. The quantitative estimate of drug-likeness (QED) is 0.430. The summed E-state index contributed by atoms with van der Waals surface area (Å²) in [5.74, 6) is -1.41. The maximum atomic E-state index is 12.4. The van der Waals surface area contributed by atoms with Crippen molar-refractivity contribution in [1.29, 1.82) is 0 Å². The zero-order valence-corrected chi connectivity index (χ0v) is 19.6. The molecule has 176 valence electrons. The summed E-state index contributed by atoms with van der Waals surface area (Å²) >= 11 is 1.11. The molecule has 0 spiro atoms. The van der Waals surface area contributed by atoms with Gasteiger partial charge in [0.1, 0.15) is 12.3 Å². The molecule has 3 aromatic rings. The van der Waals surface area contributed by atoms with Gasteiger partial charge in [-0.05, 0) is 27.7 Å². The third-order valence-corrected chi connectivity index (χ3v) is 6.40. The van der Waals surface area contributed by atoms with Crippen molar-refractivity contribution >= 4 is 34.4 Å². The maximum Gasteiger partial charge on any atom is 0.413 e. The van der Waals surface area contributed by atoms with Crippen molar-refractivity contribution in [1.82, 2.24) is 10.3 Å². The van der Waals surface area contributed by atoms with Crippen LogP contribution in [0.2, 0.25) is 0 Å². The first-order chi connectivity index (χ1) is 16.2. The molecule has 1 aliphatic carbocycles. The van der Waals surface area contributed by atoms with Crippen LogP contribution in [0.4, 0.5) is 9.93 Å². The minimum absolute atomic E-state index is 0.0510. The first-order valence-corrected chi connectivity index (χ1v) is 11.7. The topological polar surface area (TPSA) is 118 Å². The Morgan fingerprint density at radius 1 is 1.06 bits per heavy atom. The molecule has 0 atom stereocenters. The Hall–Kier alpha value is -3.72. The third kappa shape index (κ3) is 5.26. The van der Waals surface area contributed by atoms with E-state index in [2.05, 4.69) is 27.8 Å². The van der Waals surface area contributed by atoms with Crippen molar-refractivity contribution in [2.45, 2.75) is 26.2 Å². The summed E-state index contributed by atoms with van der Waals surface area (Å²) in [6, 6.07) is 16.2. The number of hydrogen-bond donors (Lipinski definition) is 3. The van der Waals surface area contributed by atoms with Gasteiger partial charge < -0.3 is 15.2 Å². The molecule has 0 radical (unpaired) electrons. The number of nitrogens with one attached hydrogen (secondary N) is 2. The normalized spacial score (nSPS) is 12.5. The van der Waals surface area contributed by atoms with Gasteiger partial charge in [0.25, 0.3) is 5.91 Å². The fourth-order valence-electron chi connectivity index (χ4n) is 4.04. The molecule has 34 heavy (non-hydrogen) atoms. The van der Waals surface area contributed by atoms with Crippen LogP contribution in [0.3, 0.4) is 0 Å². The Kier molecular flexibility index (Phi) is 6.65. The first kappa shape index (κ1) is 23.4. The maximum absolute atomic E-state index is 12.4. The fourth-order valence-corrected chi connectivity index (χ4v) is 4.72. The van der Waals surface area contributed by atoms with Gasteiger partial charge in [-0.1, -0.05) is 62.4 Å². The van der Waals surface area contributed by atoms with Crippen molar-refractivity contribution in [2.24, 2.45) is 5.41 Å². The van der Waals surface area contributed by atoms with Crippen LogP contribution in [0.15, 0.2) is 53.9 Å². The number of ether oxygens (including phenoxy) is 1. The smallest absolute Gasteiger partial charge is 0.413 e. The number of carbonyl (C=O) groups excluding carboxylic acids is 2. The molecular weight excluding hydrogens is 454 g/mol. The summed E-state index contributed by atoms with van der Waals surface area (Å²) in [6.07, 6.45) is -0.718. The zero-order chi connectivity index (χ0) is 24.3. The number of fused-ring (bicyclic) bond motifs is 3. The summed E-state index contributed by atoms with van der Waals surface area (Å²) in [7, 11) is 0. The number of thiazole rings is 1. The van der Waals surface area contributed by atoms with Crippen molar-refractivity contribution in [3.8, 4) is 11.1 Å². The SMILES string of the molecule is CC(C)(CNC(=O)c1csc(NC(=O)OCC2c3ccccc3-c3ccccc32)n1)CC(=O)O. The molecule has 1 heterocycles. The van der Waals surface area contributed by atoms with Crippen LogP contribution >= 0.6 is 11.3 Å². The number of carboxylic acids is 1. The van der Waals surface area contributed by atoms with Crippen LogP contribution < -0.4 is 10.6 Å². The van der Waals surface area contributed by atoms with Gasteiger partial charge in [-0.2, -0.15) is 0 Å². The van der Waals surface area contributed by atoms with E-state index in [1.807, 2.05) is 36.4 Å². The van der Waals surface area contributed by atoms with Gasteiger partial charge in [0.05, 0.1) is 6.42 Å². The molecule has 2 aromatic carbocycles. The Balaban J connectivity index is 1.33. The van der Waals surface area contributed by atoms with E-state index >= 15 is 0 Å². The molecule has 2 amide bonds. The van der Waals surface area contributed by atoms with E-state index in [-0.39, 0.29) is 36.3 Å². The monoisotopic (exact) mass is 479 g/mol. The molecule has 0 fully saturated rings. The minimum atomic E-state index is -0.928. The number of carbonyl (C=O) groups is 3. The second-order valence-electron chi connectivity index (χ2n) is 8.91. The largest absolute Gasteiger partial charge is 0.481 e. The molecule has 3 N–H and O–H groups in total. The predicted molar refractivity (Wildman–Crippen MR) is 129 cm³/mol. The van der Waals surface area contributed by atoms with Gasteiger partial charge in [-0.3, -0.25) is 14.9 Å². The highest BCUT2D eigenvalue weighted by molar-refractivity contribution is 7.14. The van der Waals surface area contributed by atoms with E-state index < -0.39 is 23.4 Å². The number of hydrogen-bond acceptors (Lipinski definition) is 6. The molecule has 1 aromatic heterocycles. The minimum Gasteiger partial charge on any atom is -0.481 e. The second-order valence-corrected chi connectivity index (χ2v) is 9.76. The summed E-state index contributed by atoms with van der Waals surface area (Å²) in [5.41, 5.74) is 4.08. The number of rotatable bonds is 8. The Morgan fingerprint density at radius 3 is 2.29 bits per heavy atom. The molecule has 1 aliphatic rings. The van der Waals surface area contributed by atoms with E-state index in [1.165, 1.54) is 5.38 Å². The summed E-state index contributed by atoms with van der Waals surface area (Å²) in [5, 5.41) is 16.0. The van der Waals surface area contributed by atoms with Crippen LogP contribution in [0.5, 0.6) is 0 Å². The van der Waals surface area contributed by atoms with Crippen LogP contribution in [0, 0.1) is 5.41 Å². The Labute approximate surface area is 201 Å². The van der Waals surface area contributed by atoms with Crippen LogP contribution in [-0.2, 0) is 9.53 Å². The molecule has 0 saturated carbocycles. The lowest BCUT2D eigenvalue weighted by molar-refractivity contribution is -0.139. The number of aromatic nitrogens is 1.